The number of carbonyl (C=O) groups excluding carboxylic acids is 2. The molecule has 0 saturated carbocycles. The average Bonchev–Trinajstić information content (AvgIpc) is 2.97. The van der Waals surface area contributed by atoms with E-state index in [1.54, 1.807) is 24.3 Å². The smallest absolute Gasteiger partial charge is 0.330 e. The predicted molar refractivity (Wildman–Crippen MR) is 188 cm³/mol. The molecule has 0 aliphatic rings. The van der Waals surface area contributed by atoms with Gasteiger partial charge in [-0.05, 0) is 100 Å². The number of halogens is 6. The van der Waals surface area contributed by atoms with Crippen molar-refractivity contribution in [2.24, 2.45) is 0 Å². The maximum atomic E-state index is 12.0. The first kappa shape index (κ1) is 36.6. The van der Waals surface area contributed by atoms with Gasteiger partial charge in [0.15, 0.2) is 12.2 Å². The van der Waals surface area contributed by atoms with Crippen molar-refractivity contribution >= 4 is 108 Å². The Kier molecular flexibility index (Phi) is 15.3. The monoisotopic (exact) mass is 986 g/mol. The fraction of sp³-hybridized carbons (Fsp3) is 0.200. The molecule has 0 aromatic heterocycles. The first-order valence-electron chi connectivity index (χ1n) is 12.6. The molecule has 0 radical (unpaired) electrons. The van der Waals surface area contributed by atoms with Crippen LogP contribution in [0.2, 0.25) is 0 Å². The van der Waals surface area contributed by atoms with Crippen molar-refractivity contribution < 1.29 is 38.0 Å². The number of rotatable bonds is 16. The molecule has 0 spiro atoms. The van der Waals surface area contributed by atoms with Gasteiger partial charge < -0.3 is 28.4 Å². The van der Waals surface area contributed by atoms with Crippen molar-refractivity contribution in [2.45, 2.75) is 12.2 Å². The lowest BCUT2D eigenvalue weighted by atomic mass is 10.3. The molecule has 0 bridgehead atoms. The van der Waals surface area contributed by atoms with E-state index in [2.05, 4.69) is 109 Å². The summed E-state index contributed by atoms with van der Waals surface area (Å²) in [5, 5.41) is 0. The Labute approximate surface area is 305 Å². The molecule has 2 unspecified atom stereocenters. The van der Waals surface area contributed by atoms with Crippen LogP contribution in [0.5, 0.6) is 23.0 Å². The summed E-state index contributed by atoms with van der Waals surface area (Å²) in [6.07, 6.45) is 0.620. The number of ether oxygens (including phenoxy) is 6. The predicted octanol–water partition coefficient (Wildman–Crippen LogP) is 9.37. The second-order valence-corrected chi connectivity index (χ2v) is 13.9. The molecule has 3 aromatic carbocycles. The summed E-state index contributed by atoms with van der Waals surface area (Å²) in [6.45, 7) is 6.90. The van der Waals surface area contributed by atoms with E-state index in [9.17, 15) is 9.59 Å². The summed E-state index contributed by atoms with van der Waals surface area (Å²) in [5.41, 5.74) is 0. The van der Waals surface area contributed by atoms with Gasteiger partial charge in [0.05, 0.1) is 17.9 Å². The molecule has 0 N–H and O–H groups in total. The Balaban J connectivity index is 1.63. The van der Waals surface area contributed by atoms with Crippen LogP contribution in [0.15, 0.2) is 101 Å². The highest BCUT2D eigenvalue weighted by Crippen LogP contribution is 2.37. The zero-order chi connectivity index (χ0) is 32.2. The van der Waals surface area contributed by atoms with E-state index in [4.69, 9.17) is 28.4 Å². The molecule has 3 aromatic rings. The zero-order valence-corrected chi connectivity index (χ0v) is 32.2. The zero-order valence-electron chi connectivity index (χ0n) is 22.7. The van der Waals surface area contributed by atoms with Crippen molar-refractivity contribution in [2.75, 3.05) is 26.4 Å². The van der Waals surface area contributed by atoms with Crippen molar-refractivity contribution in [3.05, 3.63) is 101 Å². The molecule has 0 heterocycles. The van der Waals surface area contributed by atoms with Gasteiger partial charge in [-0.25, -0.2) is 9.59 Å². The van der Waals surface area contributed by atoms with E-state index in [1.807, 2.05) is 24.3 Å². The fourth-order valence-electron chi connectivity index (χ4n) is 3.38. The van der Waals surface area contributed by atoms with Gasteiger partial charge in [0, 0.05) is 27.2 Å². The number of carbonyl (C=O) groups is 2. The lowest BCUT2D eigenvalue weighted by molar-refractivity contribution is -0.146. The Morgan fingerprint density at radius 2 is 0.932 bits per heavy atom. The molecular formula is C30H24Br6O8. The fourth-order valence-corrected chi connectivity index (χ4v) is 8.35. The summed E-state index contributed by atoms with van der Waals surface area (Å²) in [6, 6.07) is 14.2. The summed E-state index contributed by atoms with van der Waals surface area (Å²) < 4.78 is 39.1. The average molecular weight is 992 g/mol. The third-order valence-corrected chi connectivity index (χ3v) is 8.60. The second kappa shape index (κ2) is 18.3. The van der Waals surface area contributed by atoms with Crippen molar-refractivity contribution in [3.8, 4) is 23.0 Å². The van der Waals surface area contributed by atoms with E-state index in [0.717, 1.165) is 21.1 Å². The van der Waals surface area contributed by atoms with Crippen LogP contribution in [-0.4, -0.2) is 50.6 Å². The van der Waals surface area contributed by atoms with Gasteiger partial charge in [-0.15, -0.1) is 0 Å². The molecule has 0 amide bonds. The molecule has 2 atom stereocenters. The quantitative estimate of drug-likeness (QED) is 0.104. The highest BCUT2D eigenvalue weighted by molar-refractivity contribution is 9.12. The van der Waals surface area contributed by atoms with Crippen LogP contribution >= 0.6 is 95.6 Å². The second-order valence-electron chi connectivity index (χ2n) is 8.64. The highest BCUT2D eigenvalue weighted by atomic mass is 79.9. The van der Waals surface area contributed by atoms with Crippen LogP contribution in [0.3, 0.4) is 0 Å². The van der Waals surface area contributed by atoms with E-state index in [0.29, 0.717) is 40.9 Å². The SMILES string of the molecule is C=CC(=O)OC(COc1cccc(OCC(COc2c(Br)cc(Br)cc2Br)OC(=O)C=C)c1)COc1c(Br)cc(Br)cc1Br. The molecule has 0 aliphatic carbocycles. The van der Waals surface area contributed by atoms with Crippen molar-refractivity contribution in [1.82, 2.24) is 0 Å². The molecular weight excluding hydrogens is 968 g/mol. The van der Waals surface area contributed by atoms with Crippen LogP contribution in [0.1, 0.15) is 0 Å². The topological polar surface area (TPSA) is 89.5 Å². The Morgan fingerprint density at radius 3 is 1.27 bits per heavy atom. The van der Waals surface area contributed by atoms with Crippen LogP contribution in [0.25, 0.3) is 0 Å². The van der Waals surface area contributed by atoms with E-state index < -0.39 is 24.1 Å². The molecule has 0 fully saturated rings. The maximum absolute atomic E-state index is 12.0. The van der Waals surface area contributed by atoms with Crippen molar-refractivity contribution in [1.29, 1.82) is 0 Å². The third kappa shape index (κ3) is 11.8. The standard InChI is InChI=1S/C30H24Br6O8/c1-3-27(37)43-21(15-41-29-23(33)8-17(31)9-24(29)34)13-39-19-6-5-7-20(12-19)40-14-22(44-28(38)4-2)16-42-30-25(35)10-18(32)11-26(30)36/h3-12,21-22H,1-2,13-16H2. The van der Waals surface area contributed by atoms with Crippen molar-refractivity contribution in [3.63, 3.8) is 0 Å². The summed E-state index contributed by atoms with van der Waals surface area (Å²) in [5.74, 6) is 0.756. The van der Waals surface area contributed by atoms with Crippen LogP contribution in [0, 0.1) is 0 Å². The van der Waals surface area contributed by atoms with Crippen LogP contribution in [-0.2, 0) is 19.1 Å². The number of hydrogen-bond donors (Lipinski definition) is 0. The number of hydrogen-bond acceptors (Lipinski definition) is 8. The minimum atomic E-state index is -0.760. The summed E-state index contributed by atoms with van der Waals surface area (Å²) in [4.78, 5) is 23.9. The van der Waals surface area contributed by atoms with Gasteiger partial charge in [-0.3, -0.25) is 0 Å². The number of benzene rings is 3. The summed E-state index contributed by atoms with van der Waals surface area (Å²) >= 11 is 20.7. The molecule has 44 heavy (non-hydrogen) atoms. The molecule has 0 aliphatic heterocycles. The maximum Gasteiger partial charge on any atom is 0.330 e. The lowest BCUT2D eigenvalue weighted by Gasteiger charge is -2.21. The number of esters is 2. The lowest BCUT2D eigenvalue weighted by Crippen LogP contribution is -2.31. The first-order chi connectivity index (χ1) is 21.0. The normalized spacial score (nSPS) is 12.0. The van der Waals surface area contributed by atoms with Gasteiger partial charge >= 0.3 is 11.9 Å². The summed E-state index contributed by atoms with van der Waals surface area (Å²) in [7, 11) is 0. The van der Waals surface area contributed by atoms with Gasteiger partial charge in [0.25, 0.3) is 0 Å². The Morgan fingerprint density at radius 1 is 0.591 bits per heavy atom. The van der Waals surface area contributed by atoms with Gasteiger partial charge in [0.1, 0.15) is 49.4 Å². The molecule has 3 rings (SSSR count). The largest absolute Gasteiger partial charge is 0.489 e. The first-order valence-corrected chi connectivity index (χ1v) is 17.3. The molecule has 8 nitrogen and oxygen atoms in total. The molecule has 0 saturated heterocycles. The Hall–Kier alpha value is -1.84. The molecule has 234 valence electrons. The minimum Gasteiger partial charge on any atom is -0.489 e. The van der Waals surface area contributed by atoms with Crippen LogP contribution < -0.4 is 18.9 Å². The van der Waals surface area contributed by atoms with Crippen LogP contribution in [0.4, 0.5) is 0 Å². The van der Waals surface area contributed by atoms with E-state index in [1.165, 1.54) is 0 Å². The minimum absolute atomic E-state index is 0.00947. The van der Waals surface area contributed by atoms with Gasteiger partial charge in [0.2, 0.25) is 0 Å². The van der Waals surface area contributed by atoms with E-state index >= 15 is 0 Å². The Bertz CT molecular complexity index is 1350. The van der Waals surface area contributed by atoms with Gasteiger partial charge in [-0.1, -0.05) is 51.1 Å². The van der Waals surface area contributed by atoms with Gasteiger partial charge in [-0.2, -0.15) is 0 Å². The third-order valence-electron chi connectivity index (χ3n) is 5.33. The van der Waals surface area contributed by atoms with E-state index in [-0.39, 0.29) is 26.4 Å². The highest BCUT2D eigenvalue weighted by Gasteiger charge is 2.20. The molecule has 14 heteroatoms.